The van der Waals surface area contributed by atoms with Crippen LogP contribution in [-0.2, 0) is 21.6 Å². The van der Waals surface area contributed by atoms with Crippen molar-refractivity contribution in [2.45, 2.75) is 16.7 Å². The predicted octanol–water partition coefficient (Wildman–Crippen LogP) is 1.45. The molecule has 2 heterocycles. The summed E-state index contributed by atoms with van der Waals surface area (Å²) in [4.78, 5) is 7.85. The number of hydrogen-bond donors (Lipinski definition) is 0. The standard InChI is InChI=1S/C10H10ClN3O2S/c11-4-9-5-13-7-14(9)8-17(15,16)10-2-1-3-12-6-10/h1-3,5-7H,4,8H2. The summed E-state index contributed by atoms with van der Waals surface area (Å²) in [5.74, 6) is 0.0449. The van der Waals surface area contributed by atoms with E-state index < -0.39 is 9.84 Å². The molecular weight excluding hydrogens is 262 g/mol. The van der Waals surface area contributed by atoms with E-state index in [-0.39, 0.29) is 16.7 Å². The van der Waals surface area contributed by atoms with Crippen LogP contribution < -0.4 is 0 Å². The van der Waals surface area contributed by atoms with Crippen molar-refractivity contribution in [3.8, 4) is 0 Å². The molecule has 0 aliphatic heterocycles. The first kappa shape index (κ1) is 12.1. The summed E-state index contributed by atoms with van der Waals surface area (Å²) < 4.78 is 25.6. The Morgan fingerprint density at radius 3 is 2.76 bits per heavy atom. The molecule has 0 aliphatic rings. The maximum atomic E-state index is 12.0. The van der Waals surface area contributed by atoms with Crippen LogP contribution >= 0.6 is 11.6 Å². The summed E-state index contributed by atoms with van der Waals surface area (Å²) in [5.41, 5.74) is 0.666. The first-order valence-corrected chi connectivity index (χ1v) is 7.00. The fourth-order valence-corrected chi connectivity index (χ4v) is 2.84. The molecule has 0 N–H and O–H groups in total. The SMILES string of the molecule is O=S(=O)(Cn1cncc1CCl)c1cccnc1. The van der Waals surface area contributed by atoms with Gasteiger partial charge in [-0.15, -0.1) is 11.6 Å². The lowest BCUT2D eigenvalue weighted by molar-refractivity contribution is 0.582. The van der Waals surface area contributed by atoms with E-state index >= 15 is 0 Å². The lowest BCUT2D eigenvalue weighted by atomic mass is 10.5. The van der Waals surface area contributed by atoms with Crippen LogP contribution in [0, 0.1) is 0 Å². The molecule has 0 radical (unpaired) electrons. The molecule has 90 valence electrons. The molecule has 7 heteroatoms. The van der Waals surface area contributed by atoms with Crippen LogP contribution in [0.1, 0.15) is 5.69 Å². The van der Waals surface area contributed by atoms with Crippen molar-refractivity contribution < 1.29 is 8.42 Å². The van der Waals surface area contributed by atoms with Gasteiger partial charge < -0.3 is 4.57 Å². The molecule has 0 spiro atoms. The summed E-state index contributed by atoms with van der Waals surface area (Å²) in [6, 6.07) is 3.10. The Morgan fingerprint density at radius 1 is 1.29 bits per heavy atom. The molecule has 2 rings (SSSR count). The third kappa shape index (κ3) is 2.65. The van der Waals surface area contributed by atoms with Gasteiger partial charge in [-0.3, -0.25) is 4.98 Å². The molecule has 5 nitrogen and oxygen atoms in total. The summed E-state index contributed by atoms with van der Waals surface area (Å²) in [7, 11) is -3.41. The van der Waals surface area contributed by atoms with Gasteiger partial charge in [0.1, 0.15) is 5.88 Å². The molecule has 0 aliphatic carbocycles. The summed E-state index contributed by atoms with van der Waals surface area (Å²) in [6.07, 6.45) is 5.85. The zero-order valence-corrected chi connectivity index (χ0v) is 10.4. The van der Waals surface area contributed by atoms with E-state index in [0.29, 0.717) is 5.69 Å². The van der Waals surface area contributed by atoms with Crippen LogP contribution in [0.3, 0.4) is 0 Å². The molecule has 0 atom stereocenters. The highest BCUT2D eigenvalue weighted by Crippen LogP contribution is 2.13. The van der Waals surface area contributed by atoms with Crippen LogP contribution in [0.5, 0.6) is 0 Å². The van der Waals surface area contributed by atoms with Gasteiger partial charge >= 0.3 is 0 Å². The van der Waals surface area contributed by atoms with Crippen molar-refractivity contribution in [1.82, 2.24) is 14.5 Å². The second-order valence-electron chi connectivity index (χ2n) is 3.42. The second kappa shape index (κ2) is 4.85. The lowest BCUT2D eigenvalue weighted by Crippen LogP contribution is -2.12. The maximum absolute atomic E-state index is 12.0. The predicted molar refractivity (Wildman–Crippen MR) is 63.2 cm³/mol. The van der Waals surface area contributed by atoms with E-state index in [4.69, 9.17) is 11.6 Å². The molecule has 0 saturated carbocycles. The minimum absolute atomic E-state index is 0.180. The quantitative estimate of drug-likeness (QED) is 0.790. The molecule has 0 fully saturated rings. The molecular formula is C10H10ClN3O2S. The topological polar surface area (TPSA) is 64.8 Å². The van der Waals surface area contributed by atoms with Crippen LogP contribution in [0.2, 0.25) is 0 Å². The molecule has 2 aromatic heterocycles. The Morgan fingerprint density at radius 2 is 2.12 bits per heavy atom. The van der Waals surface area contributed by atoms with Crippen LogP contribution in [0.25, 0.3) is 0 Å². The second-order valence-corrected chi connectivity index (χ2v) is 5.65. The first-order chi connectivity index (χ1) is 8.13. The largest absolute Gasteiger partial charge is 0.318 e. The Kier molecular flexibility index (Phi) is 3.44. The normalized spacial score (nSPS) is 11.6. The number of rotatable bonds is 4. The number of halogens is 1. The van der Waals surface area contributed by atoms with E-state index in [1.165, 1.54) is 29.4 Å². The van der Waals surface area contributed by atoms with Crippen molar-refractivity contribution in [2.75, 3.05) is 0 Å². The highest BCUT2D eigenvalue weighted by atomic mass is 35.5. The number of aromatic nitrogens is 3. The Labute approximate surface area is 104 Å². The number of imidazole rings is 1. The minimum Gasteiger partial charge on any atom is -0.318 e. The van der Waals surface area contributed by atoms with E-state index in [2.05, 4.69) is 9.97 Å². The highest BCUT2D eigenvalue weighted by Gasteiger charge is 2.16. The van der Waals surface area contributed by atoms with Crippen LogP contribution in [0.15, 0.2) is 41.9 Å². The molecule has 0 aromatic carbocycles. The van der Waals surface area contributed by atoms with Crippen LogP contribution in [-0.4, -0.2) is 23.0 Å². The van der Waals surface area contributed by atoms with Gasteiger partial charge in [-0.05, 0) is 12.1 Å². The van der Waals surface area contributed by atoms with Gasteiger partial charge in [0.2, 0.25) is 0 Å². The number of hydrogen-bond acceptors (Lipinski definition) is 4. The fraction of sp³-hybridized carbons (Fsp3) is 0.200. The van der Waals surface area contributed by atoms with Gasteiger partial charge in [0.05, 0.1) is 22.8 Å². The van der Waals surface area contributed by atoms with Gasteiger partial charge in [0.15, 0.2) is 9.84 Å². The monoisotopic (exact) mass is 271 g/mol. The van der Waals surface area contributed by atoms with Crippen molar-refractivity contribution in [3.63, 3.8) is 0 Å². The average Bonchev–Trinajstić information content (AvgIpc) is 2.77. The number of nitrogens with zero attached hydrogens (tertiary/aromatic N) is 3. The number of sulfone groups is 1. The average molecular weight is 272 g/mol. The Bertz CT molecular complexity index is 595. The molecule has 0 amide bonds. The van der Waals surface area contributed by atoms with E-state index in [1.54, 1.807) is 12.3 Å². The van der Waals surface area contributed by atoms with E-state index in [0.717, 1.165) is 0 Å². The van der Waals surface area contributed by atoms with Crippen molar-refractivity contribution in [2.24, 2.45) is 0 Å². The van der Waals surface area contributed by atoms with Crippen molar-refractivity contribution in [3.05, 3.63) is 42.7 Å². The Hall–Kier alpha value is -1.40. The third-order valence-corrected chi connectivity index (χ3v) is 4.09. The van der Waals surface area contributed by atoms with Crippen molar-refractivity contribution >= 4 is 21.4 Å². The molecule has 0 saturated heterocycles. The van der Waals surface area contributed by atoms with Gasteiger partial charge in [-0.2, -0.15) is 0 Å². The zero-order chi connectivity index (χ0) is 12.3. The van der Waals surface area contributed by atoms with E-state index in [1.807, 2.05) is 0 Å². The molecule has 2 aromatic rings. The van der Waals surface area contributed by atoms with Gasteiger partial charge in [-0.25, -0.2) is 13.4 Å². The minimum atomic E-state index is -3.41. The Balaban J connectivity index is 2.30. The maximum Gasteiger partial charge on any atom is 0.198 e. The van der Waals surface area contributed by atoms with Gasteiger partial charge in [-0.1, -0.05) is 0 Å². The van der Waals surface area contributed by atoms with E-state index in [9.17, 15) is 8.42 Å². The zero-order valence-electron chi connectivity index (χ0n) is 8.82. The molecule has 0 bridgehead atoms. The smallest absolute Gasteiger partial charge is 0.198 e. The molecule has 0 unspecified atom stereocenters. The summed E-state index contributed by atoms with van der Waals surface area (Å²) in [5, 5.41) is 0. The summed E-state index contributed by atoms with van der Waals surface area (Å²) >= 11 is 5.68. The third-order valence-electron chi connectivity index (χ3n) is 2.24. The fourth-order valence-electron chi connectivity index (χ4n) is 1.36. The van der Waals surface area contributed by atoms with Gasteiger partial charge in [0.25, 0.3) is 0 Å². The lowest BCUT2D eigenvalue weighted by Gasteiger charge is -2.07. The number of pyridine rings is 1. The summed E-state index contributed by atoms with van der Waals surface area (Å²) in [6.45, 7) is 0. The highest BCUT2D eigenvalue weighted by molar-refractivity contribution is 7.90. The molecule has 17 heavy (non-hydrogen) atoms. The number of alkyl halides is 1. The van der Waals surface area contributed by atoms with Crippen LogP contribution in [0.4, 0.5) is 0 Å². The van der Waals surface area contributed by atoms with Gasteiger partial charge in [0, 0.05) is 18.6 Å². The first-order valence-electron chi connectivity index (χ1n) is 4.81. The van der Waals surface area contributed by atoms with Crippen molar-refractivity contribution in [1.29, 1.82) is 0 Å².